The molecule has 42 heavy (non-hydrogen) atoms. The van der Waals surface area contributed by atoms with Gasteiger partial charge in [-0.15, -0.1) is 0 Å². The van der Waals surface area contributed by atoms with Gasteiger partial charge in [-0.1, -0.05) is 54.6 Å². The van der Waals surface area contributed by atoms with Crippen LogP contribution in [-0.2, 0) is 13.0 Å². The van der Waals surface area contributed by atoms with Crippen molar-refractivity contribution in [1.82, 2.24) is 19.4 Å². The summed E-state index contributed by atoms with van der Waals surface area (Å²) in [4.78, 5) is 36.7. The number of primary amides is 1. The van der Waals surface area contributed by atoms with Crippen molar-refractivity contribution in [2.75, 3.05) is 18.4 Å². The summed E-state index contributed by atoms with van der Waals surface area (Å²) in [7, 11) is 0. The van der Waals surface area contributed by atoms with Gasteiger partial charge in [0, 0.05) is 49.6 Å². The third kappa shape index (κ3) is 5.74. The molecule has 0 saturated carbocycles. The SMILES string of the molecule is Cc1nc2ccccc2n1C1CCN(C(=O)c2cccc(Cc3cc(NCc4ccccc4)c(C(N)=O)cn3)c2)CC1. The molecule has 1 fully saturated rings. The molecular weight excluding hydrogens is 524 g/mol. The number of amides is 2. The number of aromatic nitrogens is 3. The second-order valence-electron chi connectivity index (χ2n) is 10.8. The first kappa shape index (κ1) is 27.2. The Hall–Kier alpha value is -4.98. The van der Waals surface area contributed by atoms with Crippen LogP contribution in [-0.4, -0.2) is 44.3 Å². The quantitative estimate of drug-likeness (QED) is 0.261. The van der Waals surface area contributed by atoms with Crippen LogP contribution in [0.25, 0.3) is 11.0 Å². The lowest BCUT2D eigenvalue weighted by molar-refractivity contribution is 0.0695. The van der Waals surface area contributed by atoms with Gasteiger partial charge in [0.05, 0.1) is 22.3 Å². The Morgan fingerprint density at radius 3 is 2.45 bits per heavy atom. The molecule has 2 aromatic heterocycles. The fourth-order valence-corrected chi connectivity index (χ4v) is 5.89. The third-order valence-electron chi connectivity index (χ3n) is 8.00. The minimum absolute atomic E-state index is 0.0461. The number of nitrogens with one attached hydrogen (secondary N) is 1. The molecule has 6 rings (SSSR count). The maximum Gasteiger partial charge on any atom is 0.253 e. The fraction of sp³-hybridized carbons (Fsp3) is 0.235. The number of piperidine rings is 1. The van der Waals surface area contributed by atoms with E-state index in [9.17, 15) is 9.59 Å². The van der Waals surface area contributed by atoms with E-state index < -0.39 is 5.91 Å². The molecule has 1 saturated heterocycles. The molecule has 0 radical (unpaired) electrons. The molecule has 0 unspecified atom stereocenters. The van der Waals surface area contributed by atoms with Crippen molar-refractivity contribution in [3.05, 3.63) is 125 Å². The van der Waals surface area contributed by atoms with Crippen LogP contribution < -0.4 is 11.1 Å². The molecule has 1 aliphatic heterocycles. The Morgan fingerprint density at radius 2 is 1.67 bits per heavy atom. The number of rotatable bonds is 8. The van der Waals surface area contributed by atoms with Crippen molar-refractivity contribution in [3.8, 4) is 0 Å². The Balaban J connectivity index is 1.13. The number of hydrogen-bond acceptors (Lipinski definition) is 5. The van der Waals surface area contributed by atoms with Crippen LogP contribution in [0.1, 0.15) is 62.2 Å². The van der Waals surface area contributed by atoms with Gasteiger partial charge in [0.2, 0.25) is 0 Å². The van der Waals surface area contributed by atoms with Crippen LogP contribution in [0, 0.1) is 6.92 Å². The highest BCUT2D eigenvalue weighted by Gasteiger charge is 2.26. The van der Waals surface area contributed by atoms with Gasteiger partial charge in [-0.25, -0.2) is 4.98 Å². The van der Waals surface area contributed by atoms with E-state index >= 15 is 0 Å². The lowest BCUT2D eigenvalue weighted by atomic mass is 10.0. The number of aryl methyl sites for hydroxylation is 1. The fourth-order valence-electron chi connectivity index (χ4n) is 5.89. The largest absolute Gasteiger partial charge is 0.380 e. The summed E-state index contributed by atoms with van der Waals surface area (Å²) < 4.78 is 2.33. The molecule has 2 amide bonds. The number of fused-ring (bicyclic) bond motifs is 1. The molecule has 0 spiro atoms. The molecule has 3 heterocycles. The first-order valence-electron chi connectivity index (χ1n) is 14.3. The molecule has 5 aromatic rings. The van der Waals surface area contributed by atoms with E-state index in [1.807, 2.05) is 77.7 Å². The highest BCUT2D eigenvalue weighted by molar-refractivity contribution is 5.98. The monoisotopic (exact) mass is 558 g/mol. The minimum Gasteiger partial charge on any atom is -0.380 e. The number of benzene rings is 3. The van der Waals surface area contributed by atoms with Crippen LogP contribution in [0.4, 0.5) is 5.69 Å². The predicted octanol–water partition coefficient (Wildman–Crippen LogP) is 5.52. The number of hydrogen-bond donors (Lipinski definition) is 2. The van der Waals surface area contributed by atoms with Crippen molar-refractivity contribution in [1.29, 1.82) is 0 Å². The number of carbonyl (C=O) groups excluding carboxylic acids is 2. The summed E-state index contributed by atoms with van der Waals surface area (Å²) in [6.45, 7) is 4.02. The standard InChI is InChI=1S/C34H34N6O2/c1-23-38-30-12-5-6-13-32(30)40(23)28-14-16-39(17-15-28)34(42)26-11-7-10-25(18-26)19-27-20-31(29(22-36-27)33(35)41)37-21-24-8-3-2-4-9-24/h2-13,18,20,22,28H,14-17,19,21H2,1H3,(H2,35,41)(H,36,37). The zero-order valence-corrected chi connectivity index (χ0v) is 23.7. The van der Waals surface area contributed by atoms with E-state index in [0.717, 1.165) is 46.5 Å². The molecule has 3 N–H and O–H groups in total. The topological polar surface area (TPSA) is 106 Å². The van der Waals surface area contributed by atoms with Gasteiger partial charge < -0.3 is 20.5 Å². The number of nitrogens with zero attached hydrogens (tertiary/aromatic N) is 4. The molecule has 1 aliphatic rings. The van der Waals surface area contributed by atoms with Gasteiger partial charge in [-0.3, -0.25) is 14.6 Å². The predicted molar refractivity (Wildman–Crippen MR) is 164 cm³/mol. The van der Waals surface area contributed by atoms with E-state index in [1.54, 1.807) is 0 Å². The Morgan fingerprint density at radius 1 is 0.929 bits per heavy atom. The zero-order chi connectivity index (χ0) is 29.1. The number of carbonyl (C=O) groups is 2. The molecular formula is C34H34N6O2. The maximum absolute atomic E-state index is 13.5. The van der Waals surface area contributed by atoms with E-state index in [4.69, 9.17) is 10.7 Å². The molecule has 8 nitrogen and oxygen atoms in total. The normalized spacial score (nSPS) is 13.8. The van der Waals surface area contributed by atoms with Crippen molar-refractivity contribution in [2.45, 2.75) is 38.8 Å². The number of nitrogens with two attached hydrogens (primary N) is 1. The van der Waals surface area contributed by atoms with Crippen LogP contribution >= 0.6 is 0 Å². The van der Waals surface area contributed by atoms with Gasteiger partial charge in [0.15, 0.2) is 0 Å². The van der Waals surface area contributed by atoms with Gasteiger partial charge in [-0.05, 0) is 61.2 Å². The smallest absolute Gasteiger partial charge is 0.253 e. The number of imidazole rings is 1. The molecule has 0 atom stereocenters. The first-order valence-corrected chi connectivity index (χ1v) is 14.3. The van der Waals surface area contributed by atoms with Crippen molar-refractivity contribution >= 4 is 28.5 Å². The molecule has 8 heteroatoms. The Bertz CT molecular complexity index is 1740. The second kappa shape index (κ2) is 11.9. The van der Waals surface area contributed by atoms with E-state index in [-0.39, 0.29) is 5.91 Å². The van der Waals surface area contributed by atoms with E-state index in [2.05, 4.69) is 33.9 Å². The van der Waals surface area contributed by atoms with Crippen molar-refractivity contribution in [2.24, 2.45) is 5.73 Å². The summed E-state index contributed by atoms with van der Waals surface area (Å²) in [5, 5.41) is 3.33. The average molecular weight is 559 g/mol. The lowest BCUT2D eigenvalue weighted by Crippen LogP contribution is -2.39. The van der Waals surface area contributed by atoms with E-state index in [1.165, 1.54) is 6.20 Å². The summed E-state index contributed by atoms with van der Waals surface area (Å²) in [6.07, 6.45) is 3.83. The summed E-state index contributed by atoms with van der Waals surface area (Å²) >= 11 is 0. The van der Waals surface area contributed by atoms with E-state index in [0.29, 0.717) is 48.9 Å². The van der Waals surface area contributed by atoms with Crippen molar-refractivity contribution < 1.29 is 9.59 Å². The van der Waals surface area contributed by atoms with Gasteiger partial charge in [0.25, 0.3) is 11.8 Å². The van der Waals surface area contributed by atoms with Crippen LogP contribution in [0.2, 0.25) is 0 Å². The molecule has 0 bridgehead atoms. The summed E-state index contributed by atoms with van der Waals surface area (Å²) in [5.41, 5.74) is 12.3. The van der Waals surface area contributed by atoms with Gasteiger partial charge >= 0.3 is 0 Å². The van der Waals surface area contributed by atoms with Gasteiger partial charge in [-0.2, -0.15) is 0 Å². The third-order valence-corrected chi connectivity index (χ3v) is 8.00. The Labute approximate surface area is 245 Å². The number of pyridine rings is 1. The number of likely N-dealkylation sites (tertiary alicyclic amines) is 1. The maximum atomic E-state index is 13.5. The minimum atomic E-state index is -0.530. The molecule has 0 aliphatic carbocycles. The average Bonchev–Trinajstić information content (AvgIpc) is 3.36. The number of para-hydroxylation sites is 2. The summed E-state index contributed by atoms with van der Waals surface area (Å²) in [5.74, 6) is 0.534. The number of anilines is 1. The van der Waals surface area contributed by atoms with Crippen LogP contribution in [0.15, 0.2) is 91.1 Å². The summed E-state index contributed by atoms with van der Waals surface area (Å²) in [6, 6.07) is 28.1. The van der Waals surface area contributed by atoms with Crippen molar-refractivity contribution in [3.63, 3.8) is 0 Å². The highest BCUT2D eigenvalue weighted by Crippen LogP contribution is 2.29. The highest BCUT2D eigenvalue weighted by atomic mass is 16.2. The first-order chi connectivity index (χ1) is 20.5. The molecule has 3 aromatic carbocycles. The lowest BCUT2D eigenvalue weighted by Gasteiger charge is -2.33. The second-order valence-corrected chi connectivity index (χ2v) is 10.8. The van der Waals surface area contributed by atoms with Gasteiger partial charge in [0.1, 0.15) is 5.82 Å². The van der Waals surface area contributed by atoms with Crippen LogP contribution in [0.5, 0.6) is 0 Å². The zero-order valence-electron chi connectivity index (χ0n) is 23.7. The molecule has 212 valence electrons. The van der Waals surface area contributed by atoms with Crippen LogP contribution in [0.3, 0.4) is 0 Å². The Kier molecular flexibility index (Phi) is 7.68.